The largest absolute Gasteiger partial charge is 0.343 e. The summed E-state index contributed by atoms with van der Waals surface area (Å²) in [5.41, 5.74) is -0.277. The van der Waals surface area contributed by atoms with E-state index < -0.39 is 11.9 Å². The molecule has 1 heterocycles. The van der Waals surface area contributed by atoms with Gasteiger partial charge in [0.05, 0.1) is 5.75 Å². The number of imide groups is 1. The molecule has 23 heavy (non-hydrogen) atoms. The molecule has 0 bridgehead atoms. The standard InChI is InChI=1S/C14H23N5O3S/c1-2-3-8-19-13(22)17-18-14(19)23-9-11(20)16-12(21)15-10-6-4-5-7-10/h10H,2-9H2,1H3,(H,17,22)(H2,15,16,20,21). The van der Waals surface area contributed by atoms with Crippen LogP contribution in [0.2, 0.25) is 0 Å². The van der Waals surface area contributed by atoms with E-state index >= 15 is 0 Å². The van der Waals surface area contributed by atoms with Crippen LogP contribution in [-0.2, 0) is 11.3 Å². The Kier molecular flexibility index (Phi) is 6.69. The molecule has 0 aliphatic heterocycles. The summed E-state index contributed by atoms with van der Waals surface area (Å²) in [7, 11) is 0. The van der Waals surface area contributed by atoms with Crippen molar-refractivity contribution in [2.75, 3.05) is 5.75 Å². The van der Waals surface area contributed by atoms with Crippen LogP contribution in [0.1, 0.15) is 45.4 Å². The summed E-state index contributed by atoms with van der Waals surface area (Å²) >= 11 is 1.14. The van der Waals surface area contributed by atoms with E-state index in [2.05, 4.69) is 20.8 Å². The number of amides is 3. The average Bonchev–Trinajstić information content (AvgIpc) is 3.13. The molecule has 0 saturated heterocycles. The first-order valence-corrected chi connectivity index (χ1v) is 8.97. The molecule has 3 amide bonds. The Balaban J connectivity index is 1.77. The Morgan fingerprint density at radius 2 is 2.13 bits per heavy atom. The molecule has 0 radical (unpaired) electrons. The van der Waals surface area contributed by atoms with E-state index in [-0.39, 0.29) is 17.5 Å². The van der Waals surface area contributed by atoms with Crippen LogP contribution in [0.4, 0.5) is 4.79 Å². The highest BCUT2D eigenvalue weighted by Crippen LogP contribution is 2.17. The van der Waals surface area contributed by atoms with Crippen LogP contribution >= 0.6 is 11.8 Å². The second kappa shape index (κ2) is 8.76. The monoisotopic (exact) mass is 341 g/mol. The third-order valence-corrected chi connectivity index (χ3v) is 4.71. The number of hydrogen-bond acceptors (Lipinski definition) is 5. The van der Waals surface area contributed by atoms with Gasteiger partial charge in [-0.05, 0) is 19.3 Å². The number of rotatable bonds is 7. The fourth-order valence-corrected chi connectivity index (χ4v) is 3.28. The zero-order valence-electron chi connectivity index (χ0n) is 13.3. The molecule has 0 atom stereocenters. The lowest BCUT2D eigenvalue weighted by Crippen LogP contribution is -2.44. The van der Waals surface area contributed by atoms with Gasteiger partial charge in [0.25, 0.3) is 0 Å². The van der Waals surface area contributed by atoms with Crippen molar-refractivity contribution in [1.29, 1.82) is 0 Å². The van der Waals surface area contributed by atoms with Crippen LogP contribution in [0, 0.1) is 0 Å². The zero-order chi connectivity index (χ0) is 16.7. The summed E-state index contributed by atoms with van der Waals surface area (Å²) in [5.74, 6) is -0.364. The maximum Gasteiger partial charge on any atom is 0.343 e. The number of nitrogens with zero attached hydrogens (tertiary/aromatic N) is 2. The van der Waals surface area contributed by atoms with Crippen molar-refractivity contribution in [2.45, 2.75) is 63.2 Å². The van der Waals surface area contributed by atoms with Gasteiger partial charge in [-0.15, -0.1) is 5.10 Å². The van der Waals surface area contributed by atoms with E-state index in [9.17, 15) is 14.4 Å². The normalized spacial score (nSPS) is 14.8. The lowest BCUT2D eigenvalue weighted by Gasteiger charge is -2.12. The number of thioether (sulfide) groups is 1. The van der Waals surface area contributed by atoms with Gasteiger partial charge >= 0.3 is 11.7 Å². The number of unbranched alkanes of at least 4 members (excludes halogenated alkanes) is 1. The number of carbonyl (C=O) groups is 2. The number of carbonyl (C=O) groups excluding carboxylic acids is 2. The minimum Gasteiger partial charge on any atom is -0.335 e. The highest BCUT2D eigenvalue weighted by atomic mass is 32.2. The number of nitrogens with one attached hydrogen (secondary N) is 3. The summed E-state index contributed by atoms with van der Waals surface area (Å²) in [5, 5.41) is 11.9. The van der Waals surface area contributed by atoms with Crippen molar-refractivity contribution in [2.24, 2.45) is 0 Å². The van der Waals surface area contributed by atoms with Gasteiger partial charge < -0.3 is 5.32 Å². The van der Waals surface area contributed by atoms with Crippen LogP contribution in [0.5, 0.6) is 0 Å². The molecule has 1 saturated carbocycles. The van der Waals surface area contributed by atoms with E-state index in [1.54, 1.807) is 0 Å². The molecule has 1 aliphatic rings. The minimum atomic E-state index is -0.451. The van der Waals surface area contributed by atoms with Crippen molar-refractivity contribution in [1.82, 2.24) is 25.4 Å². The maximum absolute atomic E-state index is 11.8. The Bertz CT molecular complexity index is 591. The molecule has 9 heteroatoms. The number of H-pyrrole nitrogens is 1. The smallest absolute Gasteiger partial charge is 0.335 e. The average molecular weight is 341 g/mol. The molecule has 0 unspecified atom stereocenters. The number of urea groups is 1. The van der Waals surface area contributed by atoms with Crippen LogP contribution in [0.15, 0.2) is 9.95 Å². The summed E-state index contributed by atoms with van der Waals surface area (Å²) in [4.78, 5) is 35.1. The van der Waals surface area contributed by atoms with Gasteiger partial charge in [-0.3, -0.25) is 14.7 Å². The molecule has 8 nitrogen and oxygen atoms in total. The van der Waals surface area contributed by atoms with Gasteiger partial charge in [-0.25, -0.2) is 14.7 Å². The topological polar surface area (TPSA) is 109 Å². The van der Waals surface area contributed by atoms with Crippen molar-refractivity contribution in [3.8, 4) is 0 Å². The van der Waals surface area contributed by atoms with Gasteiger partial charge in [0.15, 0.2) is 5.16 Å². The summed E-state index contributed by atoms with van der Waals surface area (Å²) in [6, 6.07) is -0.283. The molecular weight excluding hydrogens is 318 g/mol. The van der Waals surface area contributed by atoms with E-state index in [1.165, 1.54) is 4.57 Å². The zero-order valence-corrected chi connectivity index (χ0v) is 14.1. The third kappa shape index (κ3) is 5.42. The molecule has 1 aliphatic carbocycles. The van der Waals surface area contributed by atoms with Crippen LogP contribution < -0.4 is 16.3 Å². The SMILES string of the molecule is CCCCn1c(SCC(=O)NC(=O)NC2CCCC2)n[nH]c1=O. The molecule has 3 N–H and O–H groups in total. The number of aromatic amines is 1. The van der Waals surface area contributed by atoms with E-state index in [1.807, 2.05) is 6.92 Å². The van der Waals surface area contributed by atoms with Crippen LogP contribution in [0.25, 0.3) is 0 Å². The first-order valence-electron chi connectivity index (χ1n) is 7.98. The number of hydrogen-bond donors (Lipinski definition) is 3. The van der Waals surface area contributed by atoms with Crippen molar-refractivity contribution < 1.29 is 9.59 Å². The molecule has 1 aromatic heterocycles. The van der Waals surface area contributed by atoms with Crippen molar-refractivity contribution in [3.63, 3.8) is 0 Å². The highest BCUT2D eigenvalue weighted by Gasteiger charge is 2.18. The molecule has 0 aromatic carbocycles. The lowest BCUT2D eigenvalue weighted by atomic mass is 10.2. The Labute approximate surface area is 138 Å². The van der Waals surface area contributed by atoms with Gasteiger partial charge in [-0.1, -0.05) is 37.9 Å². The van der Waals surface area contributed by atoms with Gasteiger partial charge in [-0.2, -0.15) is 0 Å². The first kappa shape index (κ1) is 17.6. The predicted octanol–water partition coefficient (Wildman–Crippen LogP) is 1.23. The van der Waals surface area contributed by atoms with E-state index in [0.717, 1.165) is 50.3 Å². The molecule has 0 spiro atoms. The van der Waals surface area contributed by atoms with E-state index in [4.69, 9.17) is 0 Å². The van der Waals surface area contributed by atoms with Crippen LogP contribution in [0.3, 0.4) is 0 Å². The highest BCUT2D eigenvalue weighted by molar-refractivity contribution is 7.99. The molecule has 1 fully saturated rings. The van der Waals surface area contributed by atoms with Crippen LogP contribution in [-0.4, -0.2) is 38.5 Å². The Morgan fingerprint density at radius 3 is 2.83 bits per heavy atom. The maximum atomic E-state index is 11.8. The summed E-state index contributed by atoms with van der Waals surface area (Å²) < 4.78 is 1.51. The lowest BCUT2D eigenvalue weighted by molar-refractivity contribution is -0.117. The van der Waals surface area contributed by atoms with Crippen molar-refractivity contribution >= 4 is 23.7 Å². The fourth-order valence-electron chi connectivity index (χ4n) is 2.51. The first-order chi connectivity index (χ1) is 11.1. The Morgan fingerprint density at radius 1 is 1.39 bits per heavy atom. The molecule has 128 valence electrons. The molecule has 2 rings (SSSR count). The van der Waals surface area contributed by atoms with Crippen molar-refractivity contribution in [3.05, 3.63) is 10.5 Å². The third-order valence-electron chi connectivity index (χ3n) is 3.73. The van der Waals surface area contributed by atoms with Gasteiger partial charge in [0.2, 0.25) is 5.91 Å². The minimum absolute atomic E-state index is 0.0362. The molecule has 1 aromatic rings. The van der Waals surface area contributed by atoms with Gasteiger partial charge in [0.1, 0.15) is 0 Å². The number of aromatic nitrogens is 3. The summed E-state index contributed by atoms with van der Waals surface area (Å²) in [6.45, 7) is 2.60. The molecular formula is C14H23N5O3S. The fraction of sp³-hybridized carbons (Fsp3) is 0.714. The summed E-state index contributed by atoms with van der Waals surface area (Å²) in [6.07, 6.45) is 5.99. The quantitative estimate of drug-likeness (QED) is 0.646. The predicted molar refractivity (Wildman–Crippen MR) is 87.4 cm³/mol. The second-order valence-corrected chi connectivity index (χ2v) is 6.55. The second-order valence-electron chi connectivity index (χ2n) is 5.61. The Hall–Kier alpha value is -1.77. The van der Waals surface area contributed by atoms with Gasteiger partial charge in [0, 0.05) is 12.6 Å². The van der Waals surface area contributed by atoms with E-state index in [0.29, 0.717) is 11.7 Å².